The van der Waals surface area contributed by atoms with Gasteiger partial charge >= 0.3 is 11.9 Å². The minimum absolute atomic E-state index is 0.262. The topological polar surface area (TPSA) is 82.1 Å². The van der Waals surface area contributed by atoms with E-state index in [4.69, 9.17) is 14.2 Å². The molecular formula is C21H26O6. The van der Waals surface area contributed by atoms with Gasteiger partial charge in [-0.15, -0.1) is 0 Å². The van der Waals surface area contributed by atoms with Crippen LogP contribution in [-0.2, 0) is 19.0 Å². The monoisotopic (exact) mass is 374 g/mol. The van der Waals surface area contributed by atoms with Gasteiger partial charge in [0.25, 0.3) is 0 Å². The van der Waals surface area contributed by atoms with Gasteiger partial charge in [0.1, 0.15) is 17.8 Å². The van der Waals surface area contributed by atoms with E-state index >= 15 is 0 Å². The molecule has 2 aliphatic carbocycles. The van der Waals surface area contributed by atoms with Gasteiger partial charge in [-0.3, -0.25) is 4.79 Å². The van der Waals surface area contributed by atoms with Crippen LogP contribution in [0.2, 0.25) is 0 Å². The first-order valence-electron chi connectivity index (χ1n) is 9.37. The molecule has 1 aromatic carbocycles. The maximum atomic E-state index is 13.0. The zero-order valence-corrected chi connectivity index (χ0v) is 16.2. The minimum atomic E-state index is -1.40. The van der Waals surface area contributed by atoms with Crippen molar-refractivity contribution in [1.82, 2.24) is 0 Å². The highest BCUT2D eigenvalue weighted by atomic mass is 16.6. The van der Waals surface area contributed by atoms with Crippen molar-refractivity contribution in [3.8, 4) is 0 Å². The zero-order valence-electron chi connectivity index (χ0n) is 16.2. The van der Waals surface area contributed by atoms with E-state index in [1.165, 1.54) is 0 Å². The highest BCUT2D eigenvalue weighted by molar-refractivity contribution is 5.91. The molecule has 1 aromatic rings. The maximum Gasteiger partial charge on any atom is 0.338 e. The molecule has 1 aliphatic heterocycles. The molecule has 27 heavy (non-hydrogen) atoms. The van der Waals surface area contributed by atoms with E-state index in [-0.39, 0.29) is 6.61 Å². The third-order valence-corrected chi connectivity index (χ3v) is 6.47. The summed E-state index contributed by atoms with van der Waals surface area (Å²) in [4.78, 5) is 25.5. The molecule has 6 nitrogen and oxygen atoms in total. The Kier molecular flexibility index (Phi) is 3.64. The summed E-state index contributed by atoms with van der Waals surface area (Å²) in [5, 5.41) is 11.2. The molecule has 1 N–H and O–H groups in total. The fourth-order valence-electron chi connectivity index (χ4n) is 5.25. The zero-order chi connectivity index (χ0) is 19.7. The number of hydrogen-bond acceptors (Lipinski definition) is 6. The Balaban J connectivity index is 1.69. The van der Waals surface area contributed by atoms with E-state index in [1.54, 1.807) is 30.3 Å². The number of aliphatic hydroxyl groups is 1. The van der Waals surface area contributed by atoms with E-state index in [0.29, 0.717) is 24.8 Å². The van der Waals surface area contributed by atoms with E-state index < -0.39 is 39.8 Å². The van der Waals surface area contributed by atoms with Gasteiger partial charge in [-0.2, -0.15) is 0 Å². The van der Waals surface area contributed by atoms with Crippen molar-refractivity contribution in [3.05, 3.63) is 35.9 Å². The number of carbonyl (C=O) groups excluding carboxylic acids is 2. The number of hydrogen-bond donors (Lipinski definition) is 1. The van der Waals surface area contributed by atoms with Gasteiger partial charge in [-0.1, -0.05) is 18.2 Å². The molecule has 0 radical (unpaired) electrons. The number of ether oxygens (including phenoxy) is 3. The van der Waals surface area contributed by atoms with Crippen LogP contribution in [-0.4, -0.2) is 46.1 Å². The summed E-state index contributed by atoms with van der Waals surface area (Å²) in [5.41, 5.74) is -4.71. The van der Waals surface area contributed by atoms with Crippen molar-refractivity contribution >= 4 is 11.9 Å². The normalized spacial score (nSPS) is 39.5. The Morgan fingerprint density at radius 3 is 2.52 bits per heavy atom. The molecule has 0 spiro atoms. The van der Waals surface area contributed by atoms with Gasteiger partial charge in [0.15, 0.2) is 5.41 Å². The molecule has 1 heterocycles. The van der Waals surface area contributed by atoms with Crippen LogP contribution in [0.3, 0.4) is 0 Å². The Bertz CT molecular complexity index is 799. The first-order valence-corrected chi connectivity index (χ1v) is 9.37. The quantitative estimate of drug-likeness (QED) is 0.816. The molecule has 4 atom stereocenters. The van der Waals surface area contributed by atoms with Gasteiger partial charge in [0, 0.05) is 6.42 Å². The Morgan fingerprint density at radius 1 is 1.22 bits per heavy atom. The molecule has 6 heteroatoms. The van der Waals surface area contributed by atoms with Crippen LogP contribution in [0.4, 0.5) is 0 Å². The Hall–Kier alpha value is -1.92. The highest BCUT2D eigenvalue weighted by Crippen LogP contribution is 2.75. The minimum Gasteiger partial charge on any atom is -0.461 e. The van der Waals surface area contributed by atoms with E-state index in [2.05, 4.69) is 0 Å². The summed E-state index contributed by atoms with van der Waals surface area (Å²) < 4.78 is 17.7. The average molecular weight is 374 g/mol. The van der Waals surface area contributed by atoms with Gasteiger partial charge in [-0.05, 0) is 52.7 Å². The number of carbonyl (C=O) groups is 2. The second-order valence-corrected chi connectivity index (χ2v) is 9.22. The van der Waals surface area contributed by atoms with Crippen LogP contribution < -0.4 is 0 Å². The third-order valence-electron chi connectivity index (χ3n) is 6.47. The van der Waals surface area contributed by atoms with Crippen LogP contribution in [0, 0.1) is 5.41 Å². The van der Waals surface area contributed by atoms with Gasteiger partial charge in [-0.25, -0.2) is 4.79 Å². The summed E-state index contributed by atoms with van der Waals surface area (Å²) >= 11 is 0. The number of fused-ring (bicyclic) bond motifs is 2. The molecule has 2 saturated carbocycles. The van der Waals surface area contributed by atoms with Crippen LogP contribution in [0.1, 0.15) is 57.3 Å². The molecule has 4 rings (SSSR count). The second kappa shape index (κ2) is 5.32. The molecule has 1 unspecified atom stereocenters. The summed E-state index contributed by atoms with van der Waals surface area (Å²) in [6.07, 6.45) is 1.22. The number of rotatable bonds is 4. The number of benzene rings is 1. The number of esters is 2. The first-order chi connectivity index (χ1) is 12.5. The lowest BCUT2D eigenvalue weighted by Gasteiger charge is -2.69. The maximum absolute atomic E-state index is 13.0. The van der Waals surface area contributed by atoms with Crippen LogP contribution in [0.25, 0.3) is 0 Å². The van der Waals surface area contributed by atoms with Crippen LogP contribution in [0.5, 0.6) is 0 Å². The Morgan fingerprint density at radius 2 is 1.89 bits per heavy atom. The van der Waals surface area contributed by atoms with Crippen molar-refractivity contribution in [2.75, 3.05) is 6.61 Å². The van der Waals surface area contributed by atoms with Crippen molar-refractivity contribution in [2.24, 2.45) is 5.41 Å². The van der Waals surface area contributed by atoms with E-state index in [9.17, 15) is 14.7 Å². The van der Waals surface area contributed by atoms with Gasteiger partial charge in [0.2, 0.25) is 0 Å². The lowest BCUT2D eigenvalue weighted by Crippen LogP contribution is -2.84. The SMILES string of the molecule is CC(C)(C)O[C@@]12C[C@]3(O)CC[C@]1(C)OC(=O)C32COC(=O)c1ccccc1. The summed E-state index contributed by atoms with van der Waals surface area (Å²) in [5.74, 6) is -1.08. The molecule has 146 valence electrons. The predicted octanol–water partition coefficient (Wildman–Crippen LogP) is 2.63. The summed E-state index contributed by atoms with van der Waals surface area (Å²) in [7, 11) is 0. The lowest BCUT2D eigenvalue weighted by molar-refractivity contribution is -0.369. The molecule has 3 fully saturated rings. The van der Waals surface area contributed by atoms with Crippen molar-refractivity contribution in [3.63, 3.8) is 0 Å². The lowest BCUT2D eigenvalue weighted by atomic mass is 9.39. The summed E-state index contributed by atoms with van der Waals surface area (Å²) in [6, 6.07) is 8.58. The largest absolute Gasteiger partial charge is 0.461 e. The second-order valence-electron chi connectivity index (χ2n) is 9.22. The smallest absolute Gasteiger partial charge is 0.338 e. The Labute approximate surface area is 158 Å². The van der Waals surface area contributed by atoms with Crippen molar-refractivity contribution in [2.45, 2.75) is 69.4 Å². The van der Waals surface area contributed by atoms with Crippen LogP contribution in [0.15, 0.2) is 30.3 Å². The first kappa shape index (κ1) is 18.4. The molecule has 0 amide bonds. The fraction of sp³-hybridized carbons (Fsp3) is 0.619. The standard InChI is InChI=1S/C21H26O6/c1-17(2,3)27-21-12-19(24)11-10-18(21,4)26-16(23)20(19,21)13-25-15(22)14-8-6-5-7-9-14/h5-9,24H,10-13H2,1-4H3/t18-,19+,20?,21-/m0/s1. The molecule has 0 aromatic heterocycles. The highest BCUT2D eigenvalue weighted by Gasteiger charge is 2.92. The fourth-order valence-corrected chi connectivity index (χ4v) is 5.25. The van der Waals surface area contributed by atoms with Crippen molar-refractivity contribution < 1.29 is 28.9 Å². The third kappa shape index (κ3) is 2.20. The van der Waals surface area contributed by atoms with Gasteiger partial charge < -0.3 is 19.3 Å². The molecule has 2 bridgehead atoms. The van der Waals surface area contributed by atoms with E-state index in [0.717, 1.165) is 0 Å². The molecule has 3 aliphatic rings. The molecule has 1 saturated heterocycles. The molecular weight excluding hydrogens is 348 g/mol. The van der Waals surface area contributed by atoms with Crippen LogP contribution >= 0.6 is 0 Å². The summed E-state index contributed by atoms with van der Waals surface area (Å²) in [6.45, 7) is 7.32. The average Bonchev–Trinajstić information content (AvgIpc) is 2.66. The van der Waals surface area contributed by atoms with E-state index in [1.807, 2.05) is 27.7 Å². The van der Waals surface area contributed by atoms with Crippen molar-refractivity contribution in [1.29, 1.82) is 0 Å². The van der Waals surface area contributed by atoms with Gasteiger partial charge in [0.05, 0.1) is 16.8 Å². The predicted molar refractivity (Wildman–Crippen MR) is 96.0 cm³/mol.